The fourth-order valence-corrected chi connectivity index (χ4v) is 2.44. The Hall–Kier alpha value is -2.83. The monoisotopic (exact) mass is 333 g/mol. The number of carbonyl (C=O) groups excluding carboxylic acids is 1. The van der Waals surface area contributed by atoms with Crippen molar-refractivity contribution < 1.29 is 18.0 Å². The maximum atomic E-state index is 12.9. The molecule has 124 valence electrons. The molecule has 1 aromatic heterocycles. The SMILES string of the molecule is O=C(NCCc1nc2ccccc2[nH]1)c1ccccc1C(F)(F)F. The van der Waals surface area contributed by atoms with Crippen molar-refractivity contribution in [2.24, 2.45) is 0 Å². The molecular formula is C17H14F3N3O. The molecule has 0 aliphatic heterocycles. The van der Waals surface area contributed by atoms with Gasteiger partial charge in [-0.15, -0.1) is 0 Å². The minimum Gasteiger partial charge on any atom is -0.352 e. The second-order valence-corrected chi connectivity index (χ2v) is 5.25. The summed E-state index contributed by atoms with van der Waals surface area (Å²) in [7, 11) is 0. The number of H-pyrrole nitrogens is 1. The summed E-state index contributed by atoms with van der Waals surface area (Å²) >= 11 is 0. The van der Waals surface area contributed by atoms with Gasteiger partial charge in [-0.3, -0.25) is 4.79 Å². The number of hydrogen-bond donors (Lipinski definition) is 2. The van der Waals surface area contributed by atoms with Crippen LogP contribution < -0.4 is 5.32 Å². The van der Waals surface area contributed by atoms with E-state index >= 15 is 0 Å². The molecule has 24 heavy (non-hydrogen) atoms. The standard InChI is InChI=1S/C17H14F3N3O/c18-17(19,20)12-6-2-1-5-11(12)16(24)21-10-9-15-22-13-7-3-4-8-14(13)23-15/h1-8H,9-10H2,(H,21,24)(H,22,23). The first-order valence-corrected chi connectivity index (χ1v) is 7.33. The first-order chi connectivity index (χ1) is 11.4. The van der Waals surface area contributed by atoms with Gasteiger partial charge in [-0.1, -0.05) is 24.3 Å². The molecule has 0 saturated carbocycles. The molecule has 0 bridgehead atoms. The number of aromatic amines is 1. The molecule has 3 aromatic rings. The number of aromatic nitrogens is 2. The van der Waals surface area contributed by atoms with Crippen molar-refractivity contribution in [3.63, 3.8) is 0 Å². The number of nitrogens with one attached hydrogen (secondary N) is 2. The maximum absolute atomic E-state index is 12.9. The number of para-hydroxylation sites is 2. The Balaban J connectivity index is 1.66. The number of amides is 1. The quantitative estimate of drug-likeness (QED) is 0.767. The summed E-state index contributed by atoms with van der Waals surface area (Å²) in [4.78, 5) is 19.5. The Morgan fingerprint density at radius 1 is 1.08 bits per heavy atom. The van der Waals surface area contributed by atoms with E-state index in [1.165, 1.54) is 18.2 Å². The van der Waals surface area contributed by atoms with E-state index in [0.717, 1.165) is 17.1 Å². The van der Waals surface area contributed by atoms with E-state index < -0.39 is 17.6 Å². The number of carbonyl (C=O) groups is 1. The largest absolute Gasteiger partial charge is 0.417 e. The Morgan fingerprint density at radius 3 is 2.54 bits per heavy atom. The minimum atomic E-state index is -4.56. The Kier molecular flexibility index (Phi) is 4.24. The van der Waals surface area contributed by atoms with Gasteiger partial charge in [0.15, 0.2) is 0 Å². The van der Waals surface area contributed by atoms with Crippen LogP contribution >= 0.6 is 0 Å². The second-order valence-electron chi connectivity index (χ2n) is 5.25. The van der Waals surface area contributed by atoms with E-state index in [4.69, 9.17) is 0 Å². The van der Waals surface area contributed by atoms with E-state index in [2.05, 4.69) is 15.3 Å². The Morgan fingerprint density at radius 2 is 1.79 bits per heavy atom. The van der Waals surface area contributed by atoms with Gasteiger partial charge in [-0.2, -0.15) is 13.2 Å². The highest BCUT2D eigenvalue weighted by molar-refractivity contribution is 5.95. The third-order valence-electron chi connectivity index (χ3n) is 3.56. The molecular weight excluding hydrogens is 319 g/mol. The predicted molar refractivity (Wildman–Crippen MR) is 83.6 cm³/mol. The lowest BCUT2D eigenvalue weighted by molar-refractivity contribution is -0.137. The zero-order valence-corrected chi connectivity index (χ0v) is 12.5. The topological polar surface area (TPSA) is 57.8 Å². The van der Waals surface area contributed by atoms with E-state index in [-0.39, 0.29) is 12.1 Å². The van der Waals surface area contributed by atoms with Crippen molar-refractivity contribution in [2.75, 3.05) is 6.54 Å². The van der Waals surface area contributed by atoms with Crippen molar-refractivity contribution in [2.45, 2.75) is 12.6 Å². The summed E-state index contributed by atoms with van der Waals surface area (Å²) in [6.07, 6.45) is -4.17. The number of rotatable bonds is 4. The molecule has 0 aliphatic rings. The third kappa shape index (κ3) is 3.40. The van der Waals surface area contributed by atoms with Crippen LogP contribution in [0.1, 0.15) is 21.7 Å². The van der Waals surface area contributed by atoms with Gasteiger partial charge in [0.25, 0.3) is 5.91 Å². The molecule has 0 atom stereocenters. The molecule has 0 saturated heterocycles. The summed E-state index contributed by atoms with van der Waals surface area (Å²) in [6, 6.07) is 12.2. The lowest BCUT2D eigenvalue weighted by Gasteiger charge is -2.12. The third-order valence-corrected chi connectivity index (χ3v) is 3.56. The lowest BCUT2D eigenvalue weighted by Crippen LogP contribution is -2.28. The predicted octanol–water partition coefficient (Wildman–Crippen LogP) is 3.55. The number of imidazole rings is 1. The van der Waals surface area contributed by atoms with Crippen LogP contribution in [-0.4, -0.2) is 22.4 Å². The van der Waals surface area contributed by atoms with Gasteiger partial charge in [0.1, 0.15) is 5.82 Å². The maximum Gasteiger partial charge on any atom is 0.417 e. The molecule has 1 heterocycles. The van der Waals surface area contributed by atoms with Crippen molar-refractivity contribution in [3.05, 3.63) is 65.5 Å². The van der Waals surface area contributed by atoms with E-state index in [1.807, 2.05) is 24.3 Å². The van der Waals surface area contributed by atoms with Gasteiger partial charge in [0.05, 0.1) is 22.2 Å². The number of nitrogens with zero attached hydrogens (tertiary/aromatic N) is 1. The highest BCUT2D eigenvalue weighted by atomic mass is 19.4. The van der Waals surface area contributed by atoms with E-state index in [9.17, 15) is 18.0 Å². The fraction of sp³-hybridized carbons (Fsp3) is 0.176. The molecule has 0 fully saturated rings. The highest BCUT2D eigenvalue weighted by Crippen LogP contribution is 2.31. The van der Waals surface area contributed by atoms with Gasteiger partial charge in [0.2, 0.25) is 0 Å². The molecule has 0 aliphatic carbocycles. The normalized spacial score (nSPS) is 11.6. The number of alkyl halides is 3. The van der Waals surface area contributed by atoms with Crippen LogP contribution in [0.5, 0.6) is 0 Å². The van der Waals surface area contributed by atoms with Crippen LogP contribution in [0.15, 0.2) is 48.5 Å². The van der Waals surface area contributed by atoms with Crippen molar-refractivity contribution >= 4 is 16.9 Å². The number of hydrogen-bond acceptors (Lipinski definition) is 2. The van der Waals surface area contributed by atoms with E-state index in [1.54, 1.807) is 0 Å². The second kappa shape index (κ2) is 6.35. The number of halogens is 3. The molecule has 4 nitrogen and oxygen atoms in total. The van der Waals surface area contributed by atoms with Crippen LogP contribution in [-0.2, 0) is 12.6 Å². The van der Waals surface area contributed by atoms with Crippen LogP contribution in [0, 0.1) is 0 Å². The molecule has 7 heteroatoms. The Bertz CT molecular complexity index is 838. The molecule has 2 aromatic carbocycles. The summed E-state index contributed by atoms with van der Waals surface area (Å²) < 4.78 is 38.8. The van der Waals surface area contributed by atoms with E-state index in [0.29, 0.717) is 12.2 Å². The first-order valence-electron chi connectivity index (χ1n) is 7.33. The smallest absolute Gasteiger partial charge is 0.352 e. The number of benzene rings is 2. The van der Waals surface area contributed by atoms with Crippen molar-refractivity contribution in [3.8, 4) is 0 Å². The zero-order valence-electron chi connectivity index (χ0n) is 12.5. The number of fused-ring (bicyclic) bond motifs is 1. The summed E-state index contributed by atoms with van der Waals surface area (Å²) in [5, 5.41) is 2.51. The molecule has 0 radical (unpaired) electrons. The van der Waals surface area contributed by atoms with Gasteiger partial charge in [-0.05, 0) is 24.3 Å². The lowest BCUT2D eigenvalue weighted by atomic mass is 10.1. The van der Waals surface area contributed by atoms with Crippen LogP contribution in [0.4, 0.5) is 13.2 Å². The summed E-state index contributed by atoms with van der Waals surface area (Å²) in [5.74, 6) is -0.0837. The zero-order chi connectivity index (χ0) is 17.2. The average Bonchev–Trinajstić information content (AvgIpc) is 2.96. The van der Waals surface area contributed by atoms with Gasteiger partial charge < -0.3 is 10.3 Å². The van der Waals surface area contributed by atoms with Gasteiger partial charge in [0, 0.05) is 13.0 Å². The van der Waals surface area contributed by atoms with Gasteiger partial charge >= 0.3 is 6.18 Å². The average molecular weight is 333 g/mol. The molecule has 2 N–H and O–H groups in total. The first kappa shape index (κ1) is 16.0. The molecule has 0 unspecified atom stereocenters. The molecule has 1 amide bonds. The summed E-state index contributed by atoms with van der Waals surface area (Å²) in [6.45, 7) is 0.185. The van der Waals surface area contributed by atoms with Crippen LogP contribution in [0.25, 0.3) is 11.0 Å². The minimum absolute atomic E-state index is 0.185. The molecule has 0 spiro atoms. The Labute approximate surface area is 135 Å². The van der Waals surface area contributed by atoms with Crippen LogP contribution in [0.2, 0.25) is 0 Å². The van der Waals surface area contributed by atoms with Gasteiger partial charge in [-0.25, -0.2) is 4.98 Å². The summed E-state index contributed by atoms with van der Waals surface area (Å²) in [5.41, 5.74) is 0.364. The molecule has 3 rings (SSSR count). The van der Waals surface area contributed by atoms with Crippen LogP contribution in [0.3, 0.4) is 0 Å². The fourth-order valence-electron chi connectivity index (χ4n) is 2.44. The van der Waals surface area contributed by atoms with Crippen molar-refractivity contribution in [1.82, 2.24) is 15.3 Å². The highest BCUT2D eigenvalue weighted by Gasteiger charge is 2.34. The van der Waals surface area contributed by atoms with Crippen molar-refractivity contribution in [1.29, 1.82) is 0 Å².